The zero-order valence-electron chi connectivity index (χ0n) is 11.9. The molecule has 1 saturated carbocycles. The number of aromatic nitrogens is 2. The zero-order chi connectivity index (χ0) is 15.2. The molecule has 1 heterocycles. The number of nitrogens with two attached hydrogens (primary N) is 1. The van der Waals surface area contributed by atoms with Crippen molar-refractivity contribution in [3.8, 4) is 0 Å². The van der Waals surface area contributed by atoms with Crippen molar-refractivity contribution < 1.29 is 10.0 Å². The number of rotatable bonds is 6. The Hall–Kier alpha value is -1.96. The Labute approximate surface area is 122 Å². The lowest BCUT2D eigenvalue weighted by Crippen LogP contribution is -2.24. The van der Waals surface area contributed by atoms with E-state index in [2.05, 4.69) is 15.3 Å². The number of nitro groups is 1. The second-order valence-electron chi connectivity index (χ2n) is 5.40. The van der Waals surface area contributed by atoms with Crippen LogP contribution in [-0.2, 0) is 0 Å². The Balaban J connectivity index is 1.76. The van der Waals surface area contributed by atoms with Crippen molar-refractivity contribution in [1.82, 2.24) is 9.97 Å². The highest BCUT2D eigenvalue weighted by Crippen LogP contribution is 2.27. The Kier molecular flexibility index (Phi) is 5.26. The van der Waals surface area contributed by atoms with E-state index in [0.717, 1.165) is 38.3 Å². The van der Waals surface area contributed by atoms with Crippen molar-refractivity contribution in [2.45, 2.75) is 44.6 Å². The average molecular weight is 295 g/mol. The Morgan fingerprint density at radius 2 is 2.24 bits per heavy atom. The van der Waals surface area contributed by atoms with Crippen molar-refractivity contribution in [2.24, 2.45) is 5.92 Å². The fourth-order valence-corrected chi connectivity index (χ4v) is 2.70. The molecule has 0 radical (unpaired) electrons. The first kappa shape index (κ1) is 15.4. The first-order valence-corrected chi connectivity index (χ1v) is 7.26. The summed E-state index contributed by atoms with van der Waals surface area (Å²) in [5.41, 5.74) is 5.21. The molecule has 1 aliphatic rings. The quantitative estimate of drug-likeness (QED) is 0.414. The molecule has 2 atom stereocenters. The van der Waals surface area contributed by atoms with E-state index in [4.69, 9.17) is 5.73 Å². The second-order valence-corrected chi connectivity index (χ2v) is 5.40. The summed E-state index contributed by atoms with van der Waals surface area (Å²) in [7, 11) is 0. The summed E-state index contributed by atoms with van der Waals surface area (Å²) in [6.45, 7) is 0.653. The summed E-state index contributed by atoms with van der Waals surface area (Å²) in [6, 6.07) is 0. The third-order valence-corrected chi connectivity index (χ3v) is 3.90. The number of nitrogen functional groups attached to an aromatic ring is 1. The fraction of sp³-hybridized carbons (Fsp3) is 0.692. The SMILES string of the molecule is Nc1nc(NCCCC2CCCCC2O)ncc1[N+](=O)[O-]. The highest BCUT2D eigenvalue weighted by molar-refractivity contribution is 5.53. The highest BCUT2D eigenvalue weighted by Gasteiger charge is 2.22. The molecule has 0 aromatic carbocycles. The smallest absolute Gasteiger partial charge is 0.329 e. The molecule has 0 amide bonds. The lowest BCUT2D eigenvalue weighted by atomic mass is 9.83. The van der Waals surface area contributed by atoms with Gasteiger partial charge in [-0.2, -0.15) is 4.98 Å². The average Bonchev–Trinajstić information content (AvgIpc) is 2.45. The van der Waals surface area contributed by atoms with Gasteiger partial charge in [-0.05, 0) is 31.6 Å². The molecule has 116 valence electrons. The number of aliphatic hydroxyl groups excluding tert-OH is 1. The normalized spacial score (nSPS) is 22.0. The van der Waals surface area contributed by atoms with E-state index in [1.807, 2.05) is 0 Å². The lowest BCUT2D eigenvalue weighted by molar-refractivity contribution is -0.384. The number of nitrogens with one attached hydrogen (secondary N) is 1. The summed E-state index contributed by atoms with van der Waals surface area (Å²) >= 11 is 0. The van der Waals surface area contributed by atoms with Crippen LogP contribution >= 0.6 is 0 Å². The molecule has 4 N–H and O–H groups in total. The predicted molar refractivity (Wildman–Crippen MR) is 78.8 cm³/mol. The van der Waals surface area contributed by atoms with Crippen LogP contribution in [0.5, 0.6) is 0 Å². The van der Waals surface area contributed by atoms with Gasteiger partial charge in [0.15, 0.2) is 0 Å². The van der Waals surface area contributed by atoms with Crippen LogP contribution in [0.25, 0.3) is 0 Å². The van der Waals surface area contributed by atoms with Gasteiger partial charge < -0.3 is 16.2 Å². The topological polar surface area (TPSA) is 127 Å². The number of hydrogen-bond donors (Lipinski definition) is 3. The lowest BCUT2D eigenvalue weighted by Gasteiger charge is -2.27. The van der Waals surface area contributed by atoms with E-state index < -0.39 is 4.92 Å². The molecule has 2 rings (SSSR count). The molecule has 0 saturated heterocycles. The van der Waals surface area contributed by atoms with Gasteiger partial charge in [0.1, 0.15) is 6.20 Å². The van der Waals surface area contributed by atoms with Crippen LogP contribution in [0.15, 0.2) is 6.20 Å². The minimum atomic E-state index is -0.608. The number of hydrogen-bond acceptors (Lipinski definition) is 7. The van der Waals surface area contributed by atoms with Gasteiger partial charge in [-0.3, -0.25) is 10.1 Å². The second kappa shape index (κ2) is 7.16. The van der Waals surface area contributed by atoms with E-state index in [0.29, 0.717) is 18.4 Å². The van der Waals surface area contributed by atoms with E-state index in [-0.39, 0.29) is 17.6 Å². The van der Waals surface area contributed by atoms with Crippen molar-refractivity contribution in [2.75, 3.05) is 17.6 Å². The Morgan fingerprint density at radius 1 is 1.48 bits per heavy atom. The van der Waals surface area contributed by atoms with Gasteiger partial charge in [0, 0.05) is 6.54 Å². The molecule has 0 bridgehead atoms. The highest BCUT2D eigenvalue weighted by atomic mass is 16.6. The molecule has 1 aliphatic carbocycles. The van der Waals surface area contributed by atoms with Gasteiger partial charge in [0.2, 0.25) is 11.8 Å². The molecule has 1 aromatic rings. The predicted octanol–water partition coefficient (Wildman–Crippen LogP) is 1.71. The van der Waals surface area contributed by atoms with Gasteiger partial charge in [-0.25, -0.2) is 4.98 Å². The first-order chi connectivity index (χ1) is 10.1. The molecule has 1 aromatic heterocycles. The standard InChI is InChI=1S/C13H21N5O3/c14-12-10(18(20)21)8-16-13(17-12)15-7-3-5-9-4-1-2-6-11(9)19/h8-9,11,19H,1-7H2,(H3,14,15,16,17). The number of nitrogens with zero attached hydrogens (tertiary/aromatic N) is 3. The number of anilines is 2. The summed E-state index contributed by atoms with van der Waals surface area (Å²) in [6.07, 6.45) is 7.07. The van der Waals surface area contributed by atoms with Crippen LogP contribution < -0.4 is 11.1 Å². The van der Waals surface area contributed by atoms with E-state index in [1.165, 1.54) is 6.42 Å². The maximum absolute atomic E-state index is 10.6. The third-order valence-electron chi connectivity index (χ3n) is 3.90. The monoisotopic (exact) mass is 295 g/mol. The molecular weight excluding hydrogens is 274 g/mol. The van der Waals surface area contributed by atoms with Gasteiger partial charge in [-0.15, -0.1) is 0 Å². The van der Waals surface area contributed by atoms with Gasteiger partial charge in [0.25, 0.3) is 0 Å². The summed E-state index contributed by atoms with van der Waals surface area (Å²) in [5.74, 6) is 0.533. The maximum atomic E-state index is 10.6. The minimum absolute atomic E-state index is 0.139. The zero-order valence-corrected chi connectivity index (χ0v) is 11.9. The van der Waals surface area contributed by atoms with Crippen LogP contribution in [0.4, 0.5) is 17.5 Å². The summed E-state index contributed by atoms with van der Waals surface area (Å²) in [4.78, 5) is 17.7. The molecule has 0 spiro atoms. The van der Waals surface area contributed by atoms with Crippen molar-refractivity contribution >= 4 is 17.5 Å². The van der Waals surface area contributed by atoms with E-state index >= 15 is 0 Å². The van der Waals surface area contributed by atoms with Crippen molar-refractivity contribution in [3.63, 3.8) is 0 Å². The Morgan fingerprint density at radius 3 is 2.90 bits per heavy atom. The van der Waals surface area contributed by atoms with Crippen LogP contribution in [0.1, 0.15) is 38.5 Å². The van der Waals surface area contributed by atoms with E-state index in [9.17, 15) is 15.2 Å². The van der Waals surface area contributed by atoms with Crippen molar-refractivity contribution in [1.29, 1.82) is 0 Å². The van der Waals surface area contributed by atoms with Crippen LogP contribution in [0.2, 0.25) is 0 Å². The van der Waals surface area contributed by atoms with Crippen molar-refractivity contribution in [3.05, 3.63) is 16.3 Å². The maximum Gasteiger partial charge on any atom is 0.329 e. The fourth-order valence-electron chi connectivity index (χ4n) is 2.70. The summed E-state index contributed by atoms with van der Waals surface area (Å²) < 4.78 is 0. The first-order valence-electron chi connectivity index (χ1n) is 7.26. The minimum Gasteiger partial charge on any atom is -0.393 e. The Bertz CT molecular complexity index is 497. The van der Waals surface area contributed by atoms with Gasteiger partial charge in [-0.1, -0.05) is 12.8 Å². The van der Waals surface area contributed by atoms with E-state index in [1.54, 1.807) is 0 Å². The molecule has 21 heavy (non-hydrogen) atoms. The largest absolute Gasteiger partial charge is 0.393 e. The molecule has 0 aliphatic heterocycles. The number of aliphatic hydroxyl groups is 1. The van der Waals surface area contributed by atoms with Crippen LogP contribution in [-0.4, -0.2) is 32.6 Å². The summed E-state index contributed by atoms with van der Waals surface area (Å²) in [5, 5.41) is 23.5. The molecule has 2 unspecified atom stereocenters. The van der Waals surface area contributed by atoms with Gasteiger partial charge >= 0.3 is 5.69 Å². The van der Waals surface area contributed by atoms with Gasteiger partial charge in [0.05, 0.1) is 11.0 Å². The van der Waals surface area contributed by atoms with Crippen LogP contribution in [0.3, 0.4) is 0 Å². The molecule has 8 heteroatoms. The molecular formula is C13H21N5O3. The van der Waals surface area contributed by atoms with Crippen LogP contribution in [0, 0.1) is 16.0 Å². The molecule has 8 nitrogen and oxygen atoms in total. The molecule has 1 fully saturated rings. The third kappa shape index (κ3) is 4.25.